The second kappa shape index (κ2) is 6.20. The fraction of sp³-hybridized carbons (Fsp3) is 0.400. The van der Waals surface area contributed by atoms with Crippen LogP contribution in [0, 0.1) is 0 Å². The standard InChI is InChI=1S/C15H20N4O2S/c1-22(20,21)16-9-14-13-7-8-19(11-15(13)18-17-14)10-12-5-3-2-4-6-12/h2-6,16H,7-11H2,1H3,(H,17,18). The van der Waals surface area contributed by atoms with Gasteiger partial charge in [-0.1, -0.05) is 30.3 Å². The van der Waals surface area contributed by atoms with Gasteiger partial charge in [0.15, 0.2) is 0 Å². The van der Waals surface area contributed by atoms with E-state index in [0.29, 0.717) is 0 Å². The number of hydrogen-bond donors (Lipinski definition) is 2. The molecule has 6 nitrogen and oxygen atoms in total. The Bertz CT molecular complexity index is 740. The second-order valence-corrected chi connectivity index (χ2v) is 7.50. The molecule has 1 aromatic carbocycles. The number of aromatic amines is 1. The minimum absolute atomic E-state index is 0.253. The molecule has 118 valence electrons. The van der Waals surface area contributed by atoms with Gasteiger partial charge in [0.2, 0.25) is 10.0 Å². The first-order chi connectivity index (χ1) is 10.5. The highest BCUT2D eigenvalue weighted by Crippen LogP contribution is 2.21. The summed E-state index contributed by atoms with van der Waals surface area (Å²) in [6, 6.07) is 10.4. The maximum atomic E-state index is 11.2. The zero-order chi connectivity index (χ0) is 15.6. The van der Waals surface area contributed by atoms with E-state index in [0.717, 1.165) is 49.3 Å². The molecule has 22 heavy (non-hydrogen) atoms. The predicted molar refractivity (Wildman–Crippen MR) is 84.5 cm³/mol. The van der Waals surface area contributed by atoms with Crippen LogP contribution in [0.25, 0.3) is 0 Å². The van der Waals surface area contributed by atoms with Crippen molar-refractivity contribution in [2.75, 3.05) is 12.8 Å². The third kappa shape index (κ3) is 3.73. The van der Waals surface area contributed by atoms with Crippen molar-refractivity contribution < 1.29 is 8.42 Å². The second-order valence-electron chi connectivity index (χ2n) is 5.67. The van der Waals surface area contributed by atoms with Crippen LogP contribution >= 0.6 is 0 Å². The molecule has 7 heteroatoms. The Morgan fingerprint density at radius 2 is 2.09 bits per heavy atom. The summed E-state index contributed by atoms with van der Waals surface area (Å²) in [5, 5.41) is 7.32. The summed E-state index contributed by atoms with van der Waals surface area (Å²) >= 11 is 0. The zero-order valence-electron chi connectivity index (χ0n) is 12.5. The van der Waals surface area contributed by atoms with Gasteiger partial charge in [-0.25, -0.2) is 13.1 Å². The summed E-state index contributed by atoms with van der Waals surface area (Å²) in [4.78, 5) is 2.36. The van der Waals surface area contributed by atoms with Crippen molar-refractivity contribution in [3.63, 3.8) is 0 Å². The normalized spacial score (nSPS) is 15.7. The fourth-order valence-electron chi connectivity index (χ4n) is 2.76. The van der Waals surface area contributed by atoms with Crippen molar-refractivity contribution in [1.82, 2.24) is 19.8 Å². The molecule has 1 aromatic heterocycles. The van der Waals surface area contributed by atoms with Crippen molar-refractivity contribution in [2.45, 2.75) is 26.1 Å². The van der Waals surface area contributed by atoms with Crippen LogP contribution in [0.3, 0.4) is 0 Å². The Balaban J connectivity index is 1.66. The van der Waals surface area contributed by atoms with Gasteiger partial charge in [0, 0.05) is 25.2 Å². The van der Waals surface area contributed by atoms with Crippen molar-refractivity contribution in [1.29, 1.82) is 0 Å². The molecule has 2 heterocycles. The molecule has 1 aliphatic rings. The van der Waals surface area contributed by atoms with Gasteiger partial charge < -0.3 is 0 Å². The highest BCUT2D eigenvalue weighted by atomic mass is 32.2. The number of fused-ring (bicyclic) bond motifs is 1. The number of nitrogens with zero attached hydrogens (tertiary/aromatic N) is 2. The van der Waals surface area contributed by atoms with Crippen LogP contribution in [0.4, 0.5) is 0 Å². The Morgan fingerprint density at radius 1 is 1.32 bits per heavy atom. The largest absolute Gasteiger partial charge is 0.293 e. The molecule has 0 spiro atoms. The van der Waals surface area contributed by atoms with E-state index in [1.54, 1.807) is 0 Å². The summed E-state index contributed by atoms with van der Waals surface area (Å²) in [6.07, 6.45) is 2.05. The van der Waals surface area contributed by atoms with Crippen molar-refractivity contribution in [3.05, 3.63) is 52.8 Å². The van der Waals surface area contributed by atoms with Gasteiger partial charge in [-0.3, -0.25) is 10.00 Å². The maximum Gasteiger partial charge on any atom is 0.209 e. The molecule has 0 saturated heterocycles. The van der Waals surface area contributed by atoms with Gasteiger partial charge in [0.05, 0.1) is 24.2 Å². The van der Waals surface area contributed by atoms with Gasteiger partial charge >= 0.3 is 0 Å². The minimum Gasteiger partial charge on any atom is -0.293 e. The van der Waals surface area contributed by atoms with Gasteiger partial charge in [0.25, 0.3) is 0 Å². The Kier molecular flexibility index (Phi) is 4.28. The van der Waals surface area contributed by atoms with Crippen LogP contribution in [0.15, 0.2) is 30.3 Å². The molecule has 3 rings (SSSR count). The van der Waals surface area contributed by atoms with E-state index in [1.165, 1.54) is 5.56 Å². The molecule has 0 radical (unpaired) electrons. The lowest BCUT2D eigenvalue weighted by Gasteiger charge is -2.26. The number of aromatic nitrogens is 2. The monoisotopic (exact) mass is 320 g/mol. The van der Waals surface area contributed by atoms with Crippen LogP contribution in [0.1, 0.15) is 22.5 Å². The fourth-order valence-corrected chi connectivity index (χ4v) is 3.16. The lowest BCUT2D eigenvalue weighted by atomic mass is 10.0. The van der Waals surface area contributed by atoms with Crippen molar-refractivity contribution >= 4 is 10.0 Å². The van der Waals surface area contributed by atoms with E-state index in [2.05, 4.69) is 44.1 Å². The van der Waals surface area contributed by atoms with E-state index in [4.69, 9.17) is 0 Å². The molecule has 0 amide bonds. The summed E-state index contributed by atoms with van der Waals surface area (Å²) in [5.74, 6) is 0. The SMILES string of the molecule is CS(=O)(=O)NCc1n[nH]c2c1CCN(Cc1ccccc1)C2. The maximum absolute atomic E-state index is 11.2. The van der Waals surface area contributed by atoms with E-state index >= 15 is 0 Å². The van der Waals surface area contributed by atoms with E-state index in [9.17, 15) is 8.42 Å². The Hall–Kier alpha value is -1.70. The molecule has 1 aliphatic heterocycles. The number of benzene rings is 1. The molecule has 2 N–H and O–H groups in total. The minimum atomic E-state index is -3.19. The number of H-pyrrole nitrogens is 1. The third-order valence-corrected chi connectivity index (χ3v) is 4.52. The first-order valence-corrected chi connectivity index (χ1v) is 9.16. The number of rotatable bonds is 5. The Morgan fingerprint density at radius 3 is 2.82 bits per heavy atom. The first-order valence-electron chi connectivity index (χ1n) is 7.27. The van der Waals surface area contributed by atoms with Gasteiger partial charge in [0.1, 0.15) is 0 Å². The zero-order valence-corrected chi connectivity index (χ0v) is 13.4. The molecule has 0 fully saturated rings. The molecule has 0 aliphatic carbocycles. The molecule has 0 unspecified atom stereocenters. The van der Waals surface area contributed by atoms with Crippen molar-refractivity contribution in [2.24, 2.45) is 0 Å². The van der Waals surface area contributed by atoms with E-state index < -0.39 is 10.0 Å². The van der Waals surface area contributed by atoms with Gasteiger partial charge in [-0.2, -0.15) is 5.10 Å². The van der Waals surface area contributed by atoms with Crippen LogP contribution in [0.2, 0.25) is 0 Å². The average molecular weight is 320 g/mol. The molecule has 0 bridgehead atoms. The molecular formula is C15H20N4O2S. The van der Waals surface area contributed by atoms with Crippen LogP contribution < -0.4 is 4.72 Å². The number of hydrogen-bond acceptors (Lipinski definition) is 4. The van der Waals surface area contributed by atoms with Crippen LogP contribution in [-0.2, 0) is 36.1 Å². The smallest absolute Gasteiger partial charge is 0.209 e. The van der Waals surface area contributed by atoms with Gasteiger partial charge in [-0.05, 0) is 12.0 Å². The van der Waals surface area contributed by atoms with Gasteiger partial charge in [-0.15, -0.1) is 0 Å². The average Bonchev–Trinajstić information content (AvgIpc) is 2.88. The number of sulfonamides is 1. The van der Waals surface area contributed by atoms with E-state index in [-0.39, 0.29) is 6.54 Å². The summed E-state index contributed by atoms with van der Waals surface area (Å²) in [7, 11) is -3.19. The number of nitrogens with one attached hydrogen (secondary N) is 2. The molecule has 2 aromatic rings. The third-order valence-electron chi connectivity index (χ3n) is 3.85. The predicted octanol–water partition coefficient (Wildman–Crippen LogP) is 1.02. The van der Waals surface area contributed by atoms with Crippen molar-refractivity contribution in [3.8, 4) is 0 Å². The highest BCUT2D eigenvalue weighted by Gasteiger charge is 2.22. The Labute approximate surface area is 130 Å². The summed E-state index contributed by atoms with van der Waals surface area (Å²) < 4.78 is 24.9. The lowest BCUT2D eigenvalue weighted by Crippen LogP contribution is -2.30. The quantitative estimate of drug-likeness (QED) is 0.862. The molecular weight excluding hydrogens is 300 g/mol. The summed E-state index contributed by atoms with van der Waals surface area (Å²) in [6.45, 7) is 2.93. The molecule has 0 atom stereocenters. The van der Waals surface area contributed by atoms with Crippen LogP contribution in [-0.4, -0.2) is 36.3 Å². The summed E-state index contributed by atoms with van der Waals surface area (Å²) in [5.41, 5.74) is 4.34. The molecule has 0 saturated carbocycles. The highest BCUT2D eigenvalue weighted by molar-refractivity contribution is 7.88. The van der Waals surface area contributed by atoms with E-state index in [1.807, 2.05) is 6.07 Å². The topological polar surface area (TPSA) is 78.1 Å². The first kappa shape index (κ1) is 15.2. The van der Waals surface area contributed by atoms with Crippen LogP contribution in [0.5, 0.6) is 0 Å². The lowest BCUT2D eigenvalue weighted by molar-refractivity contribution is 0.242.